The van der Waals surface area contributed by atoms with Gasteiger partial charge in [0.1, 0.15) is 0 Å². The van der Waals surface area contributed by atoms with Gasteiger partial charge in [-0.25, -0.2) is 4.79 Å². The molecule has 0 fully saturated rings. The molecule has 0 saturated heterocycles. The van der Waals surface area contributed by atoms with Crippen molar-refractivity contribution >= 4 is 5.97 Å². The summed E-state index contributed by atoms with van der Waals surface area (Å²) >= 11 is 0. The topological polar surface area (TPSA) is 53.1 Å². The second kappa shape index (κ2) is 3.85. The molecule has 3 heteroatoms. The third-order valence-corrected chi connectivity index (χ3v) is 2.49. The second-order valence-corrected chi connectivity index (χ2v) is 3.92. The Bertz CT molecular complexity index is 541. The average molecular weight is 215 g/mol. The molecule has 0 atom stereocenters. The summed E-state index contributed by atoms with van der Waals surface area (Å²) in [5.74, 6) is -0.902. The van der Waals surface area contributed by atoms with Gasteiger partial charge in [-0.15, -0.1) is 0 Å². The number of nitrogens with one attached hydrogen (secondary N) is 1. The first-order valence-corrected chi connectivity index (χ1v) is 5.08. The van der Waals surface area contributed by atoms with Crippen LogP contribution in [0.3, 0.4) is 0 Å². The van der Waals surface area contributed by atoms with Gasteiger partial charge in [0.15, 0.2) is 0 Å². The lowest BCUT2D eigenvalue weighted by Crippen LogP contribution is -1.96. The lowest BCUT2D eigenvalue weighted by atomic mass is 10.1. The van der Waals surface area contributed by atoms with Crippen LogP contribution in [0.25, 0.3) is 11.3 Å². The number of aromatic carboxylic acids is 1. The molecule has 2 rings (SSSR count). The van der Waals surface area contributed by atoms with E-state index in [0.717, 1.165) is 16.8 Å². The highest BCUT2D eigenvalue weighted by Crippen LogP contribution is 2.24. The van der Waals surface area contributed by atoms with Crippen molar-refractivity contribution in [1.82, 2.24) is 4.98 Å². The van der Waals surface area contributed by atoms with Gasteiger partial charge in [0.2, 0.25) is 0 Å². The lowest BCUT2D eigenvalue weighted by molar-refractivity contribution is 0.0698. The van der Waals surface area contributed by atoms with Crippen LogP contribution >= 0.6 is 0 Å². The number of rotatable bonds is 2. The molecule has 1 heterocycles. The summed E-state index contributed by atoms with van der Waals surface area (Å²) in [4.78, 5) is 14.2. The van der Waals surface area contributed by atoms with Crippen molar-refractivity contribution in [2.75, 3.05) is 0 Å². The molecule has 3 nitrogen and oxygen atoms in total. The molecule has 2 N–H and O–H groups in total. The first kappa shape index (κ1) is 10.5. The van der Waals surface area contributed by atoms with Crippen LogP contribution in [0, 0.1) is 13.8 Å². The predicted molar refractivity (Wildman–Crippen MR) is 62.7 cm³/mol. The van der Waals surface area contributed by atoms with Crippen LogP contribution in [0.1, 0.15) is 21.6 Å². The number of aromatic nitrogens is 1. The van der Waals surface area contributed by atoms with E-state index in [2.05, 4.69) is 4.98 Å². The molecule has 0 radical (unpaired) electrons. The zero-order chi connectivity index (χ0) is 11.7. The Morgan fingerprint density at radius 2 is 2.00 bits per heavy atom. The Morgan fingerprint density at radius 3 is 2.62 bits per heavy atom. The van der Waals surface area contributed by atoms with Crippen LogP contribution in [0.2, 0.25) is 0 Å². The fraction of sp³-hybridized carbons (Fsp3) is 0.154. The van der Waals surface area contributed by atoms with E-state index in [1.165, 1.54) is 0 Å². The third-order valence-electron chi connectivity index (χ3n) is 2.49. The van der Waals surface area contributed by atoms with Gasteiger partial charge < -0.3 is 10.1 Å². The summed E-state index contributed by atoms with van der Waals surface area (Å²) in [5.41, 5.74) is 3.87. The van der Waals surface area contributed by atoms with E-state index < -0.39 is 5.97 Å². The Hall–Kier alpha value is -2.03. The molecule has 2 aromatic rings. The van der Waals surface area contributed by atoms with Gasteiger partial charge in [0, 0.05) is 5.69 Å². The zero-order valence-electron chi connectivity index (χ0n) is 9.24. The molecule has 82 valence electrons. The van der Waals surface area contributed by atoms with Gasteiger partial charge in [0.05, 0.1) is 11.3 Å². The summed E-state index contributed by atoms with van der Waals surface area (Å²) in [6, 6.07) is 9.44. The van der Waals surface area contributed by atoms with E-state index in [1.807, 2.05) is 38.1 Å². The largest absolute Gasteiger partial charge is 0.478 e. The van der Waals surface area contributed by atoms with Crippen LogP contribution in [-0.2, 0) is 0 Å². The maximum atomic E-state index is 11.1. The quantitative estimate of drug-likeness (QED) is 0.809. The van der Waals surface area contributed by atoms with Gasteiger partial charge in [-0.05, 0) is 31.5 Å². The summed E-state index contributed by atoms with van der Waals surface area (Å²) in [6.07, 6.45) is 0. The first-order valence-electron chi connectivity index (χ1n) is 5.08. The summed E-state index contributed by atoms with van der Waals surface area (Å²) < 4.78 is 0. The number of hydrogen-bond acceptors (Lipinski definition) is 1. The van der Waals surface area contributed by atoms with E-state index in [4.69, 9.17) is 5.11 Å². The molecule has 0 amide bonds. The van der Waals surface area contributed by atoms with Crippen molar-refractivity contribution < 1.29 is 9.90 Å². The van der Waals surface area contributed by atoms with E-state index >= 15 is 0 Å². The first-order chi connectivity index (χ1) is 7.58. The minimum absolute atomic E-state index is 0.322. The maximum Gasteiger partial charge on any atom is 0.337 e. The number of carbonyl (C=O) groups is 1. The fourth-order valence-corrected chi connectivity index (χ4v) is 1.79. The molecule has 0 spiro atoms. The fourth-order valence-electron chi connectivity index (χ4n) is 1.79. The van der Waals surface area contributed by atoms with Gasteiger partial charge in [-0.3, -0.25) is 0 Å². The van der Waals surface area contributed by atoms with Crippen molar-refractivity contribution in [1.29, 1.82) is 0 Å². The summed E-state index contributed by atoms with van der Waals surface area (Å²) in [5, 5.41) is 9.09. The highest BCUT2D eigenvalue weighted by Gasteiger charge is 2.14. The third kappa shape index (κ3) is 1.84. The number of H-pyrrole nitrogens is 1. The summed E-state index contributed by atoms with van der Waals surface area (Å²) in [7, 11) is 0. The van der Waals surface area contributed by atoms with Gasteiger partial charge in [0.25, 0.3) is 0 Å². The molecular formula is C13H13NO2. The molecule has 0 aliphatic heterocycles. The Kier molecular flexibility index (Phi) is 2.52. The minimum Gasteiger partial charge on any atom is -0.478 e. The van der Waals surface area contributed by atoms with E-state index in [-0.39, 0.29) is 0 Å². The van der Waals surface area contributed by atoms with E-state index in [1.54, 1.807) is 6.07 Å². The number of benzene rings is 1. The molecule has 0 saturated carbocycles. The summed E-state index contributed by atoms with van der Waals surface area (Å²) in [6.45, 7) is 3.84. The van der Waals surface area contributed by atoms with Crippen LogP contribution in [0.4, 0.5) is 0 Å². The van der Waals surface area contributed by atoms with Crippen LogP contribution in [0.15, 0.2) is 30.3 Å². The molecule has 1 aromatic heterocycles. The maximum absolute atomic E-state index is 11.1. The Labute approximate surface area is 93.7 Å². The predicted octanol–water partition coefficient (Wildman–Crippen LogP) is 3.00. The van der Waals surface area contributed by atoms with Gasteiger partial charge in [-0.1, -0.05) is 23.8 Å². The number of aromatic amines is 1. The van der Waals surface area contributed by atoms with Gasteiger partial charge >= 0.3 is 5.97 Å². The smallest absolute Gasteiger partial charge is 0.337 e. The van der Waals surface area contributed by atoms with Crippen LogP contribution < -0.4 is 0 Å². The monoisotopic (exact) mass is 215 g/mol. The number of carboxylic acids is 1. The van der Waals surface area contributed by atoms with Crippen molar-refractivity contribution in [2.24, 2.45) is 0 Å². The van der Waals surface area contributed by atoms with Crippen LogP contribution in [0.5, 0.6) is 0 Å². The highest BCUT2D eigenvalue weighted by molar-refractivity contribution is 5.95. The average Bonchev–Trinajstić information content (AvgIpc) is 2.60. The minimum atomic E-state index is -0.902. The van der Waals surface area contributed by atoms with Gasteiger partial charge in [-0.2, -0.15) is 0 Å². The van der Waals surface area contributed by atoms with Crippen molar-refractivity contribution in [2.45, 2.75) is 13.8 Å². The van der Waals surface area contributed by atoms with E-state index in [9.17, 15) is 4.79 Å². The molecule has 0 aliphatic carbocycles. The molecule has 1 aromatic carbocycles. The SMILES string of the molecule is Cc1cccc(-c2[nH]c(C)cc2C(=O)O)c1. The Morgan fingerprint density at radius 1 is 1.25 bits per heavy atom. The highest BCUT2D eigenvalue weighted by atomic mass is 16.4. The number of hydrogen-bond donors (Lipinski definition) is 2. The van der Waals surface area contributed by atoms with E-state index in [0.29, 0.717) is 11.3 Å². The normalized spacial score (nSPS) is 10.4. The van der Waals surface area contributed by atoms with Crippen molar-refractivity contribution in [3.63, 3.8) is 0 Å². The number of aryl methyl sites for hydroxylation is 2. The Balaban J connectivity index is 2.59. The van der Waals surface area contributed by atoms with Crippen molar-refractivity contribution in [3.05, 3.63) is 47.2 Å². The standard InChI is InChI=1S/C13H13NO2/c1-8-4-3-5-10(6-8)12-11(13(15)16)7-9(2)14-12/h3-7,14H,1-2H3,(H,15,16). The molecule has 0 aliphatic rings. The molecule has 0 bridgehead atoms. The van der Waals surface area contributed by atoms with Crippen molar-refractivity contribution in [3.8, 4) is 11.3 Å². The van der Waals surface area contributed by atoms with Crippen LogP contribution in [-0.4, -0.2) is 16.1 Å². The molecule has 0 unspecified atom stereocenters. The molecule has 16 heavy (non-hydrogen) atoms. The zero-order valence-corrected chi connectivity index (χ0v) is 9.24. The second-order valence-electron chi connectivity index (χ2n) is 3.92. The molecular weight excluding hydrogens is 202 g/mol. The number of carboxylic acid groups (broad SMARTS) is 1. The lowest BCUT2D eigenvalue weighted by Gasteiger charge is -2.02.